The fourth-order valence-corrected chi connectivity index (χ4v) is 2.92. The average molecular weight is 276 g/mol. The number of anilines is 1. The summed E-state index contributed by atoms with van der Waals surface area (Å²) in [6.07, 6.45) is 2.54. The van der Waals surface area contributed by atoms with Crippen molar-refractivity contribution in [2.45, 2.75) is 39.3 Å². The van der Waals surface area contributed by atoms with E-state index in [1.807, 2.05) is 0 Å². The van der Waals surface area contributed by atoms with Gasteiger partial charge in [0.2, 0.25) is 0 Å². The van der Waals surface area contributed by atoms with Gasteiger partial charge in [-0.3, -0.25) is 0 Å². The molecule has 112 valence electrons. The predicted molar refractivity (Wildman–Crippen MR) is 85.3 cm³/mol. The number of pyridine rings is 1. The molecule has 0 bridgehead atoms. The van der Waals surface area contributed by atoms with Crippen LogP contribution in [-0.4, -0.2) is 49.7 Å². The Hall–Kier alpha value is -1.13. The number of hydrogen-bond acceptors (Lipinski definition) is 4. The van der Waals surface area contributed by atoms with Gasteiger partial charge >= 0.3 is 0 Å². The molecule has 0 aromatic carbocycles. The Labute approximate surface area is 123 Å². The van der Waals surface area contributed by atoms with E-state index in [1.165, 1.54) is 24.9 Å². The molecule has 0 amide bonds. The van der Waals surface area contributed by atoms with Gasteiger partial charge in [0.15, 0.2) is 0 Å². The van der Waals surface area contributed by atoms with Gasteiger partial charge in [0.1, 0.15) is 5.82 Å². The highest BCUT2D eigenvalue weighted by molar-refractivity contribution is 5.43. The van der Waals surface area contributed by atoms with Crippen molar-refractivity contribution in [3.05, 3.63) is 23.4 Å². The van der Waals surface area contributed by atoms with Gasteiger partial charge in [-0.15, -0.1) is 0 Å². The second kappa shape index (κ2) is 7.04. The number of hydrogen-bond donors (Lipinski definition) is 1. The second-order valence-electron chi connectivity index (χ2n) is 5.92. The molecular formula is C16H28N4. The van der Waals surface area contributed by atoms with Gasteiger partial charge in [-0.05, 0) is 57.6 Å². The molecule has 0 saturated carbocycles. The van der Waals surface area contributed by atoms with Gasteiger partial charge < -0.3 is 15.1 Å². The molecule has 1 aliphatic heterocycles. The number of likely N-dealkylation sites (tertiary alicyclic amines) is 1. The van der Waals surface area contributed by atoms with Crippen molar-refractivity contribution in [1.29, 1.82) is 0 Å². The smallest absolute Gasteiger partial charge is 0.129 e. The van der Waals surface area contributed by atoms with E-state index in [-0.39, 0.29) is 0 Å². The molecule has 20 heavy (non-hydrogen) atoms. The zero-order valence-corrected chi connectivity index (χ0v) is 13.3. The minimum Gasteiger partial charge on any atom is -0.355 e. The van der Waals surface area contributed by atoms with Crippen LogP contribution in [0.3, 0.4) is 0 Å². The van der Waals surface area contributed by atoms with Crippen molar-refractivity contribution >= 4 is 5.82 Å². The molecule has 1 aromatic rings. The van der Waals surface area contributed by atoms with Crippen molar-refractivity contribution in [3.8, 4) is 0 Å². The topological polar surface area (TPSA) is 31.4 Å². The SMILES string of the molecule is CCNCc1cc(C)nc(N(C)C2CCCN(C)C2)c1. The normalized spacial score (nSPS) is 20.1. The Morgan fingerprint density at radius 2 is 2.25 bits per heavy atom. The molecule has 1 N–H and O–H groups in total. The van der Waals surface area contributed by atoms with E-state index in [2.05, 4.69) is 55.2 Å². The number of nitrogens with zero attached hydrogens (tertiary/aromatic N) is 3. The molecule has 0 spiro atoms. The minimum absolute atomic E-state index is 0.579. The summed E-state index contributed by atoms with van der Waals surface area (Å²) < 4.78 is 0. The van der Waals surface area contributed by atoms with Crippen LogP contribution in [0, 0.1) is 6.92 Å². The number of nitrogens with one attached hydrogen (secondary N) is 1. The van der Waals surface area contributed by atoms with Crippen LogP contribution in [0.1, 0.15) is 31.0 Å². The summed E-state index contributed by atoms with van der Waals surface area (Å²) in [4.78, 5) is 9.50. The molecule has 1 fully saturated rings. The van der Waals surface area contributed by atoms with E-state index < -0.39 is 0 Å². The highest BCUT2D eigenvalue weighted by Gasteiger charge is 2.22. The van der Waals surface area contributed by atoms with Crippen LogP contribution in [0.5, 0.6) is 0 Å². The maximum absolute atomic E-state index is 4.72. The lowest BCUT2D eigenvalue weighted by atomic mass is 10.0. The monoisotopic (exact) mass is 276 g/mol. The summed E-state index contributed by atoms with van der Waals surface area (Å²) in [6, 6.07) is 4.98. The van der Waals surface area contributed by atoms with Crippen LogP contribution in [0.4, 0.5) is 5.82 Å². The first kappa shape index (κ1) is 15.3. The molecule has 0 aliphatic carbocycles. The highest BCUT2D eigenvalue weighted by atomic mass is 15.2. The maximum Gasteiger partial charge on any atom is 0.129 e. The molecule has 0 radical (unpaired) electrons. The van der Waals surface area contributed by atoms with Gasteiger partial charge in [-0.25, -0.2) is 4.98 Å². The molecule has 2 heterocycles. The lowest BCUT2D eigenvalue weighted by molar-refractivity contribution is 0.247. The first-order valence-corrected chi connectivity index (χ1v) is 7.69. The lowest BCUT2D eigenvalue weighted by Crippen LogP contribution is -2.45. The van der Waals surface area contributed by atoms with Crippen molar-refractivity contribution in [3.63, 3.8) is 0 Å². The van der Waals surface area contributed by atoms with Crippen LogP contribution < -0.4 is 10.2 Å². The Morgan fingerprint density at radius 1 is 1.45 bits per heavy atom. The summed E-state index contributed by atoms with van der Waals surface area (Å²) in [5.41, 5.74) is 2.43. The van der Waals surface area contributed by atoms with Gasteiger partial charge in [0.05, 0.1) is 0 Å². The first-order valence-electron chi connectivity index (χ1n) is 7.69. The molecule has 4 heteroatoms. The molecule has 1 aliphatic rings. The summed E-state index contributed by atoms with van der Waals surface area (Å²) in [5.74, 6) is 1.11. The van der Waals surface area contributed by atoms with E-state index in [9.17, 15) is 0 Å². The molecule has 1 atom stereocenters. The molecule has 2 rings (SSSR count). The number of piperidine rings is 1. The number of rotatable bonds is 5. The van der Waals surface area contributed by atoms with Gasteiger partial charge in [0.25, 0.3) is 0 Å². The molecular weight excluding hydrogens is 248 g/mol. The van der Waals surface area contributed by atoms with Crippen LogP contribution in [0.2, 0.25) is 0 Å². The van der Waals surface area contributed by atoms with Crippen molar-refractivity contribution in [2.24, 2.45) is 0 Å². The highest BCUT2D eigenvalue weighted by Crippen LogP contribution is 2.21. The van der Waals surface area contributed by atoms with Crippen molar-refractivity contribution in [1.82, 2.24) is 15.2 Å². The first-order chi connectivity index (χ1) is 9.60. The van der Waals surface area contributed by atoms with E-state index in [1.54, 1.807) is 0 Å². The minimum atomic E-state index is 0.579. The molecule has 1 aromatic heterocycles. The van der Waals surface area contributed by atoms with Crippen LogP contribution in [-0.2, 0) is 6.54 Å². The summed E-state index contributed by atoms with van der Waals surface area (Å²) >= 11 is 0. The summed E-state index contributed by atoms with van der Waals surface area (Å²) in [6.45, 7) is 8.50. The zero-order valence-electron chi connectivity index (χ0n) is 13.3. The number of likely N-dealkylation sites (N-methyl/N-ethyl adjacent to an activating group) is 2. The fraction of sp³-hybridized carbons (Fsp3) is 0.688. The summed E-state index contributed by atoms with van der Waals surface area (Å²) in [7, 11) is 4.39. The zero-order chi connectivity index (χ0) is 14.5. The van der Waals surface area contributed by atoms with E-state index in [0.717, 1.165) is 31.1 Å². The number of aromatic nitrogens is 1. The molecule has 1 unspecified atom stereocenters. The van der Waals surface area contributed by atoms with Crippen molar-refractivity contribution < 1.29 is 0 Å². The van der Waals surface area contributed by atoms with E-state index >= 15 is 0 Å². The Kier molecular flexibility index (Phi) is 5.38. The van der Waals surface area contributed by atoms with Gasteiger partial charge in [-0.1, -0.05) is 6.92 Å². The lowest BCUT2D eigenvalue weighted by Gasteiger charge is -2.36. The fourth-order valence-electron chi connectivity index (χ4n) is 2.92. The third kappa shape index (κ3) is 3.93. The maximum atomic E-state index is 4.72. The van der Waals surface area contributed by atoms with E-state index in [0.29, 0.717) is 6.04 Å². The largest absolute Gasteiger partial charge is 0.355 e. The Balaban J connectivity index is 2.11. The van der Waals surface area contributed by atoms with Gasteiger partial charge in [-0.2, -0.15) is 0 Å². The predicted octanol–water partition coefficient (Wildman–Crippen LogP) is 2.03. The standard InChI is InChI=1S/C16H28N4/c1-5-17-11-14-9-13(2)18-16(10-14)20(4)15-7-6-8-19(3)12-15/h9-10,15,17H,5-8,11-12H2,1-4H3. The molecule has 4 nitrogen and oxygen atoms in total. The van der Waals surface area contributed by atoms with Gasteiger partial charge in [0, 0.05) is 31.9 Å². The molecule has 1 saturated heterocycles. The third-order valence-corrected chi connectivity index (χ3v) is 4.09. The number of aryl methyl sites for hydroxylation is 1. The van der Waals surface area contributed by atoms with Crippen LogP contribution in [0.15, 0.2) is 12.1 Å². The Morgan fingerprint density at radius 3 is 2.95 bits per heavy atom. The van der Waals surface area contributed by atoms with Crippen LogP contribution in [0.25, 0.3) is 0 Å². The second-order valence-corrected chi connectivity index (χ2v) is 5.92. The van der Waals surface area contributed by atoms with Crippen molar-refractivity contribution in [2.75, 3.05) is 38.6 Å². The van der Waals surface area contributed by atoms with E-state index in [4.69, 9.17) is 4.98 Å². The van der Waals surface area contributed by atoms with Crippen LogP contribution >= 0.6 is 0 Å². The third-order valence-electron chi connectivity index (χ3n) is 4.09. The summed E-state index contributed by atoms with van der Waals surface area (Å²) in [5, 5.41) is 3.39. The average Bonchev–Trinajstić information content (AvgIpc) is 2.43. The Bertz CT molecular complexity index is 432. The quantitative estimate of drug-likeness (QED) is 0.891.